The van der Waals surface area contributed by atoms with Crippen LogP contribution in [0.15, 0.2) is 9.59 Å². The Balaban J connectivity index is 3.53. The molecule has 0 spiro atoms. The minimum Gasteiger partial charge on any atom is -0.859 e. The van der Waals surface area contributed by atoms with Crippen LogP contribution in [-0.2, 0) is 20.6 Å². The average molecular weight is 213 g/mol. The van der Waals surface area contributed by atoms with Gasteiger partial charge in [0.05, 0.1) is 19.7 Å². The zero-order valence-corrected chi connectivity index (χ0v) is 9.33. The van der Waals surface area contributed by atoms with Crippen molar-refractivity contribution in [2.75, 3.05) is 14.1 Å². The molecule has 0 radical (unpaired) electrons. The maximum Gasteiger partial charge on any atom is 0.329 e. The highest BCUT2D eigenvalue weighted by Crippen LogP contribution is 2.01. The Hall–Kier alpha value is -1.56. The van der Waals surface area contributed by atoms with E-state index in [1.54, 1.807) is 0 Å². The number of quaternary nitrogens is 1. The fourth-order valence-electron chi connectivity index (χ4n) is 1.40. The molecule has 84 valence electrons. The monoisotopic (exact) mass is 213 g/mol. The number of nitrogens with one attached hydrogen (secondary N) is 1. The second-order valence-electron chi connectivity index (χ2n) is 3.87. The first-order chi connectivity index (χ1) is 6.86. The minimum atomic E-state index is -0.581. The second kappa shape index (κ2) is 3.90. The van der Waals surface area contributed by atoms with E-state index in [-0.39, 0.29) is 5.56 Å². The third-order valence-corrected chi connectivity index (χ3v) is 2.23. The summed E-state index contributed by atoms with van der Waals surface area (Å²) >= 11 is 0. The van der Waals surface area contributed by atoms with Gasteiger partial charge in [0.15, 0.2) is 0 Å². The predicted octanol–water partition coefficient (Wildman–Crippen LogP) is -3.20. The number of hydrogen-bond donors (Lipinski definition) is 1. The Morgan fingerprint density at radius 3 is 2.20 bits per heavy atom. The molecule has 0 aromatic carbocycles. The largest absolute Gasteiger partial charge is 0.859 e. The molecule has 0 aliphatic carbocycles. The second-order valence-corrected chi connectivity index (χ2v) is 3.87. The molecule has 1 N–H and O–H groups in total. The lowest BCUT2D eigenvalue weighted by Gasteiger charge is -2.19. The van der Waals surface area contributed by atoms with E-state index in [2.05, 4.69) is 0 Å². The van der Waals surface area contributed by atoms with Crippen LogP contribution in [-0.4, -0.2) is 23.2 Å². The van der Waals surface area contributed by atoms with Gasteiger partial charge in [0.25, 0.3) is 5.56 Å². The third kappa shape index (κ3) is 1.94. The summed E-state index contributed by atoms with van der Waals surface area (Å²) in [5.41, 5.74) is -0.925. The van der Waals surface area contributed by atoms with Gasteiger partial charge in [-0.3, -0.25) is 9.36 Å². The quantitative estimate of drug-likeness (QED) is 0.562. The van der Waals surface area contributed by atoms with E-state index in [9.17, 15) is 14.7 Å². The summed E-state index contributed by atoms with van der Waals surface area (Å²) < 4.78 is 1.92. The Morgan fingerprint density at radius 2 is 1.73 bits per heavy atom. The number of nitrogens with zero attached hydrogens (tertiary/aromatic N) is 2. The van der Waals surface area contributed by atoms with Crippen LogP contribution in [0, 0.1) is 0 Å². The fraction of sp³-hybridized carbons (Fsp3) is 0.556. The Kier molecular flexibility index (Phi) is 2.99. The van der Waals surface area contributed by atoms with E-state index in [0.717, 1.165) is 14.0 Å². The summed E-state index contributed by atoms with van der Waals surface area (Å²) in [5.74, 6) is -0.496. The van der Waals surface area contributed by atoms with Crippen molar-refractivity contribution in [1.82, 2.24) is 9.13 Å². The van der Waals surface area contributed by atoms with Crippen molar-refractivity contribution in [2.45, 2.75) is 6.54 Å². The first kappa shape index (κ1) is 11.5. The van der Waals surface area contributed by atoms with Crippen molar-refractivity contribution >= 4 is 0 Å². The van der Waals surface area contributed by atoms with Crippen LogP contribution in [0.5, 0.6) is 5.88 Å². The van der Waals surface area contributed by atoms with Crippen LogP contribution in [0.25, 0.3) is 0 Å². The standard InChI is InChI=1S/C9H15N3O3/c1-10(2)5-6-7(13)11(3)9(15)12(4)8(6)14/h13H,5H2,1-4H3. The van der Waals surface area contributed by atoms with Crippen molar-refractivity contribution in [3.05, 3.63) is 26.4 Å². The molecule has 15 heavy (non-hydrogen) atoms. The third-order valence-electron chi connectivity index (χ3n) is 2.23. The summed E-state index contributed by atoms with van der Waals surface area (Å²) in [7, 11) is 6.42. The molecular formula is C9H15N3O3. The van der Waals surface area contributed by atoms with E-state index in [4.69, 9.17) is 0 Å². The van der Waals surface area contributed by atoms with Crippen LogP contribution in [0.1, 0.15) is 5.56 Å². The topological polar surface area (TPSA) is 71.5 Å². The zero-order valence-electron chi connectivity index (χ0n) is 9.33. The lowest BCUT2D eigenvalue weighted by Crippen LogP contribution is -3.04. The first-order valence-corrected chi connectivity index (χ1v) is 4.61. The van der Waals surface area contributed by atoms with Gasteiger partial charge >= 0.3 is 5.69 Å². The van der Waals surface area contributed by atoms with Crippen molar-refractivity contribution in [3.8, 4) is 5.88 Å². The summed E-state index contributed by atoms with van der Waals surface area (Å²) in [5, 5.41) is 11.6. The van der Waals surface area contributed by atoms with Crippen LogP contribution in [0.3, 0.4) is 0 Å². The van der Waals surface area contributed by atoms with Crippen molar-refractivity contribution in [1.29, 1.82) is 0 Å². The van der Waals surface area contributed by atoms with Crippen LogP contribution < -0.4 is 21.3 Å². The number of rotatable bonds is 2. The molecule has 0 saturated carbocycles. The van der Waals surface area contributed by atoms with Crippen LogP contribution in [0.4, 0.5) is 0 Å². The highest BCUT2D eigenvalue weighted by atomic mass is 16.3. The molecule has 1 rings (SSSR count). The molecule has 0 fully saturated rings. The normalized spacial score (nSPS) is 11.0. The Bertz CT molecular complexity index is 485. The van der Waals surface area contributed by atoms with Crippen LogP contribution in [0.2, 0.25) is 0 Å². The molecule has 1 aromatic rings. The van der Waals surface area contributed by atoms with Crippen LogP contribution >= 0.6 is 0 Å². The molecule has 0 saturated heterocycles. The van der Waals surface area contributed by atoms with E-state index in [1.165, 1.54) is 14.1 Å². The molecule has 0 bridgehead atoms. The smallest absolute Gasteiger partial charge is 0.329 e. The van der Waals surface area contributed by atoms with Gasteiger partial charge in [-0.25, -0.2) is 4.79 Å². The van der Waals surface area contributed by atoms with Gasteiger partial charge < -0.3 is 14.6 Å². The van der Waals surface area contributed by atoms with Gasteiger partial charge in [0, 0.05) is 14.1 Å². The molecule has 0 atom stereocenters. The van der Waals surface area contributed by atoms with E-state index in [1.807, 2.05) is 14.1 Å². The van der Waals surface area contributed by atoms with E-state index < -0.39 is 17.1 Å². The number of aromatic nitrogens is 2. The molecule has 1 heterocycles. The molecule has 6 heteroatoms. The van der Waals surface area contributed by atoms with E-state index in [0.29, 0.717) is 6.54 Å². The van der Waals surface area contributed by atoms with Gasteiger partial charge in [0.2, 0.25) is 0 Å². The highest BCUT2D eigenvalue weighted by molar-refractivity contribution is 5.20. The zero-order chi connectivity index (χ0) is 11.7. The molecule has 0 amide bonds. The molecular weight excluding hydrogens is 198 g/mol. The molecule has 0 unspecified atom stereocenters. The Labute approximate surface area is 87.0 Å². The maximum atomic E-state index is 11.6. The SMILES string of the molecule is Cn1c([O-])c(C[NH+](C)C)c(=O)n(C)c1=O. The average Bonchev–Trinajstić information content (AvgIpc) is 2.18. The predicted molar refractivity (Wildman–Crippen MR) is 52.9 cm³/mol. The molecule has 6 nitrogen and oxygen atoms in total. The highest BCUT2D eigenvalue weighted by Gasteiger charge is 2.11. The summed E-state index contributed by atoms with van der Waals surface area (Å²) in [6.07, 6.45) is 0. The lowest BCUT2D eigenvalue weighted by atomic mass is 10.3. The van der Waals surface area contributed by atoms with Crippen molar-refractivity contribution in [2.24, 2.45) is 14.1 Å². The van der Waals surface area contributed by atoms with Gasteiger partial charge in [-0.1, -0.05) is 0 Å². The lowest BCUT2D eigenvalue weighted by molar-refractivity contribution is -0.873. The van der Waals surface area contributed by atoms with Gasteiger partial charge in [-0.05, 0) is 5.88 Å². The van der Waals surface area contributed by atoms with E-state index >= 15 is 0 Å². The summed E-state index contributed by atoms with van der Waals surface area (Å²) in [6, 6.07) is 0. The fourth-order valence-corrected chi connectivity index (χ4v) is 1.40. The summed E-state index contributed by atoms with van der Waals surface area (Å²) in [4.78, 5) is 24.0. The van der Waals surface area contributed by atoms with Gasteiger partial charge in [0.1, 0.15) is 6.54 Å². The van der Waals surface area contributed by atoms with Gasteiger partial charge in [-0.2, -0.15) is 0 Å². The van der Waals surface area contributed by atoms with Crippen molar-refractivity contribution in [3.63, 3.8) is 0 Å². The molecule has 1 aromatic heterocycles. The first-order valence-electron chi connectivity index (χ1n) is 4.61. The van der Waals surface area contributed by atoms with Crippen molar-refractivity contribution < 1.29 is 10.0 Å². The minimum absolute atomic E-state index is 0.152. The Morgan fingerprint density at radius 1 is 1.20 bits per heavy atom. The molecule has 0 aliphatic heterocycles. The number of hydrogen-bond acceptors (Lipinski definition) is 3. The maximum absolute atomic E-state index is 11.6. The molecule has 0 aliphatic rings. The summed E-state index contributed by atoms with van der Waals surface area (Å²) in [6.45, 7) is 0.319. The van der Waals surface area contributed by atoms with Gasteiger partial charge in [-0.15, -0.1) is 0 Å².